The molecule has 9 heteroatoms. The summed E-state index contributed by atoms with van der Waals surface area (Å²) >= 11 is 0. The van der Waals surface area contributed by atoms with Gasteiger partial charge in [0, 0.05) is 0 Å². The topological polar surface area (TPSA) is 105 Å². The average molecular weight is 237 g/mol. The Kier molecular flexibility index (Phi) is 2.81. The van der Waals surface area contributed by atoms with Gasteiger partial charge in [0.05, 0.1) is 11.0 Å². The minimum atomic E-state index is -0.491. The fourth-order valence-electron chi connectivity index (χ4n) is 1.40. The molecule has 17 heavy (non-hydrogen) atoms. The number of hydrogen-bond acceptors (Lipinski definition) is 6. The van der Waals surface area contributed by atoms with Crippen molar-refractivity contribution in [2.75, 3.05) is 0 Å². The lowest BCUT2D eigenvalue weighted by atomic mass is 10.4. The number of nitrogens with zero attached hydrogens (tertiary/aromatic N) is 7. The Morgan fingerprint density at radius 2 is 2.29 bits per heavy atom. The van der Waals surface area contributed by atoms with Gasteiger partial charge in [-0.2, -0.15) is 5.10 Å². The zero-order valence-electron chi connectivity index (χ0n) is 9.39. The van der Waals surface area contributed by atoms with Gasteiger partial charge in [-0.25, -0.2) is 4.68 Å². The lowest BCUT2D eigenvalue weighted by Gasteiger charge is -2.06. The van der Waals surface area contributed by atoms with Gasteiger partial charge in [0.15, 0.2) is 5.82 Å². The molecule has 2 aromatic heterocycles. The summed E-state index contributed by atoms with van der Waals surface area (Å²) in [6, 6.07) is 0.130. The van der Waals surface area contributed by atoms with Crippen LogP contribution >= 0.6 is 0 Å². The maximum atomic E-state index is 10.5. The van der Waals surface area contributed by atoms with Gasteiger partial charge in [0.2, 0.25) is 0 Å². The van der Waals surface area contributed by atoms with E-state index in [9.17, 15) is 10.1 Å². The Bertz CT molecular complexity index is 529. The van der Waals surface area contributed by atoms with Crippen molar-refractivity contribution in [1.29, 1.82) is 0 Å². The van der Waals surface area contributed by atoms with Crippen molar-refractivity contribution in [3.8, 4) is 0 Å². The maximum Gasteiger partial charge on any atom is 0.307 e. The highest BCUT2D eigenvalue weighted by Gasteiger charge is 2.13. The molecule has 0 aliphatic heterocycles. The zero-order chi connectivity index (χ0) is 12.4. The molecule has 0 bridgehead atoms. The van der Waals surface area contributed by atoms with E-state index in [0.717, 1.165) is 0 Å². The van der Waals surface area contributed by atoms with Crippen LogP contribution in [0.3, 0.4) is 0 Å². The highest BCUT2D eigenvalue weighted by molar-refractivity contribution is 5.20. The van der Waals surface area contributed by atoms with E-state index in [2.05, 4.69) is 20.6 Å². The zero-order valence-corrected chi connectivity index (χ0v) is 9.39. The average Bonchev–Trinajstić information content (AvgIpc) is 2.86. The largest absolute Gasteiger partial charge is 0.307 e. The molecule has 0 saturated heterocycles. The fourth-order valence-corrected chi connectivity index (χ4v) is 1.40. The first kappa shape index (κ1) is 11.2. The van der Waals surface area contributed by atoms with E-state index in [0.29, 0.717) is 12.4 Å². The highest BCUT2D eigenvalue weighted by Crippen LogP contribution is 2.10. The highest BCUT2D eigenvalue weighted by atomic mass is 16.6. The molecule has 0 atom stereocenters. The molecule has 0 radical (unpaired) electrons. The van der Waals surface area contributed by atoms with Crippen LogP contribution in [0.2, 0.25) is 0 Å². The van der Waals surface area contributed by atoms with Crippen LogP contribution < -0.4 is 0 Å². The van der Waals surface area contributed by atoms with E-state index < -0.39 is 4.92 Å². The van der Waals surface area contributed by atoms with Crippen LogP contribution in [0.25, 0.3) is 0 Å². The third-order valence-electron chi connectivity index (χ3n) is 2.18. The third-order valence-corrected chi connectivity index (χ3v) is 2.18. The predicted octanol–water partition coefficient (Wildman–Crippen LogP) is 0.407. The van der Waals surface area contributed by atoms with Crippen LogP contribution in [0.5, 0.6) is 0 Å². The van der Waals surface area contributed by atoms with Crippen molar-refractivity contribution in [3.05, 3.63) is 28.3 Å². The SMILES string of the molecule is CC(C)n1nnnc1Cn1cc([N+](=O)[O-])cn1. The number of rotatable bonds is 4. The summed E-state index contributed by atoms with van der Waals surface area (Å²) in [4.78, 5) is 10.0. The van der Waals surface area contributed by atoms with Crippen LogP contribution in [0.15, 0.2) is 12.4 Å². The second-order valence-corrected chi connectivity index (χ2v) is 3.79. The maximum absolute atomic E-state index is 10.5. The lowest BCUT2D eigenvalue weighted by molar-refractivity contribution is -0.385. The molecule has 0 fully saturated rings. The van der Waals surface area contributed by atoms with Crippen LogP contribution in [0.4, 0.5) is 5.69 Å². The summed E-state index contributed by atoms with van der Waals surface area (Å²) < 4.78 is 3.08. The minimum absolute atomic E-state index is 0.0476. The van der Waals surface area contributed by atoms with Gasteiger partial charge in [-0.3, -0.25) is 14.8 Å². The van der Waals surface area contributed by atoms with Gasteiger partial charge in [-0.05, 0) is 24.3 Å². The normalized spacial score (nSPS) is 11.0. The Balaban J connectivity index is 2.19. The first-order valence-corrected chi connectivity index (χ1v) is 5.01. The van der Waals surface area contributed by atoms with Crippen LogP contribution in [0, 0.1) is 10.1 Å². The summed E-state index contributed by atoms with van der Waals surface area (Å²) in [7, 11) is 0. The van der Waals surface area contributed by atoms with Crippen molar-refractivity contribution in [2.24, 2.45) is 0 Å². The molecule has 0 unspecified atom stereocenters. The van der Waals surface area contributed by atoms with Gasteiger partial charge in [-0.15, -0.1) is 5.10 Å². The first-order chi connectivity index (χ1) is 8.08. The molecule has 0 spiro atoms. The van der Waals surface area contributed by atoms with Gasteiger partial charge >= 0.3 is 5.69 Å². The van der Waals surface area contributed by atoms with Crippen LogP contribution in [0.1, 0.15) is 25.7 Å². The van der Waals surface area contributed by atoms with E-state index in [1.165, 1.54) is 17.1 Å². The van der Waals surface area contributed by atoms with E-state index in [4.69, 9.17) is 0 Å². The quantitative estimate of drug-likeness (QED) is 0.563. The Labute approximate surface area is 96.2 Å². The van der Waals surface area contributed by atoms with Crippen molar-refractivity contribution in [2.45, 2.75) is 26.4 Å². The van der Waals surface area contributed by atoms with E-state index in [-0.39, 0.29) is 11.7 Å². The third kappa shape index (κ3) is 2.27. The molecule has 0 aliphatic rings. The Morgan fingerprint density at radius 1 is 1.53 bits per heavy atom. The van der Waals surface area contributed by atoms with Gasteiger partial charge < -0.3 is 0 Å². The smallest absolute Gasteiger partial charge is 0.258 e. The number of tetrazole rings is 1. The lowest BCUT2D eigenvalue weighted by Crippen LogP contribution is -2.12. The predicted molar refractivity (Wildman–Crippen MR) is 56.2 cm³/mol. The summed E-state index contributed by atoms with van der Waals surface area (Å²) in [5.41, 5.74) is -0.0476. The van der Waals surface area contributed by atoms with Crippen molar-refractivity contribution in [1.82, 2.24) is 30.0 Å². The summed E-state index contributed by atoms with van der Waals surface area (Å²) in [6.07, 6.45) is 2.54. The molecule has 9 nitrogen and oxygen atoms in total. The molecule has 0 saturated carbocycles. The summed E-state index contributed by atoms with van der Waals surface area (Å²) in [5, 5.41) is 25.6. The molecule has 2 rings (SSSR count). The van der Waals surface area contributed by atoms with E-state index in [1.807, 2.05) is 13.8 Å². The molecule has 2 aromatic rings. The number of nitro groups is 1. The molecule has 0 aliphatic carbocycles. The standard InChI is InChI=1S/C8H11N7O2/c1-6(2)14-8(10-11-12-14)5-13-4-7(3-9-13)15(16)17/h3-4,6H,5H2,1-2H3. The molecule has 0 N–H and O–H groups in total. The fraction of sp³-hybridized carbons (Fsp3) is 0.500. The summed E-state index contributed by atoms with van der Waals surface area (Å²) in [6.45, 7) is 4.20. The Hall–Kier alpha value is -2.32. The second kappa shape index (κ2) is 4.28. The number of aromatic nitrogens is 6. The minimum Gasteiger partial charge on any atom is -0.258 e. The monoisotopic (exact) mass is 237 g/mol. The second-order valence-electron chi connectivity index (χ2n) is 3.79. The van der Waals surface area contributed by atoms with Gasteiger partial charge in [0.1, 0.15) is 18.9 Å². The molecule has 0 aromatic carbocycles. The molecular weight excluding hydrogens is 226 g/mol. The molecular formula is C8H11N7O2. The van der Waals surface area contributed by atoms with E-state index in [1.54, 1.807) is 4.68 Å². The van der Waals surface area contributed by atoms with E-state index >= 15 is 0 Å². The van der Waals surface area contributed by atoms with Crippen molar-refractivity contribution in [3.63, 3.8) is 0 Å². The Morgan fingerprint density at radius 3 is 2.88 bits per heavy atom. The molecule has 90 valence electrons. The molecule has 2 heterocycles. The first-order valence-electron chi connectivity index (χ1n) is 5.01. The number of hydrogen-bond donors (Lipinski definition) is 0. The van der Waals surface area contributed by atoms with Crippen LogP contribution in [-0.4, -0.2) is 34.9 Å². The van der Waals surface area contributed by atoms with Crippen LogP contribution in [-0.2, 0) is 6.54 Å². The van der Waals surface area contributed by atoms with Crippen molar-refractivity contribution >= 4 is 5.69 Å². The molecule has 0 amide bonds. The summed E-state index contributed by atoms with van der Waals surface area (Å²) in [5.74, 6) is 0.609. The van der Waals surface area contributed by atoms with Crippen molar-refractivity contribution < 1.29 is 4.92 Å². The van der Waals surface area contributed by atoms with Gasteiger partial charge in [0.25, 0.3) is 0 Å². The van der Waals surface area contributed by atoms with Gasteiger partial charge in [-0.1, -0.05) is 0 Å².